The predicted molar refractivity (Wildman–Crippen MR) is 94.5 cm³/mol. The van der Waals surface area contributed by atoms with Gasteiger partial charge in [0.05, 0.1) is 12.8 Å². The fourth-order valence-corrected chi connectivity index (χ4v) is 2.66. The van der Waals surface area contributed by atoms with Crippen LogP contribution in [0.3, 0.4) is 0 Å². The first kappa shape index (κ1) is 17.8. The minimum Gasteiger partial charge on any atom is -0.495 e. The highest BCUT2D eigenvalue weighted by atomic mass is 35.5. The van der Waals surface area contributed by atoms with Crippen molar-refractivity contribution < 1.29 is 4.74 Å². The molecular weight excluding hydrogens is 412 g/mol. The van der Waals surface area contributed by atoms with Gasteiger partial charge in [-0.1, -0.05) is 12.1 Å². The molecule has 0 aliphatic carbocycles. The van der Waals surface area contributed by atoms with Gasteiger partial charge in [-0.3, -0.25) is 0 Å². The van der Waals surface area contributed by atoms with E-state index >= 15 is 0 Å². The normalized spacial score (nSPS) is 10.6. The van der Waals surface area contributed by atoms with Gasteiger partial charge in [-0.15, -0.1) is 0 Å². The molecule has 0 amide bonds. The maximum Gasteiger partial charge on any atom is 0.242 e. The van der Waals surface area contributed by atoms with E-state index in [2.05, 4.69) is 29.9 Å². The molecule has 0 N–H and O–H groups in total. The third kappa shape index (κ3) is 3.98. The van der Waals surface area contributed by atoms with Crippen LogP contribution in [0, 0.1) is 0 Å². The summed E-state index contributed by atoms with van der Waals surface area (Å²) in [6.07, 6.45) is 0. The Balaban J connectivity index is 2.27. The Labute approximate surface area is 161 Å². The minimum atomic E-state index is -0.110. The molecular formula is C13H7Cl4N7O. The summed E-state index contributed by atoms with van der Waals surface area (Å²) in [4.78, 5) is 25.1. The molecule has 0 unspecified atom stereocenters. The van der Waals surface area contributed by atoms with Crippen LogP contribution in [0.25, 0.3) is 0 Å². The smallest absolute Gasteiger partial charge is 0.242 e. The van der Waals surface area contributed by atoms with Crippen LogP contribution >= 0.6 is 46.4 Å². The monoisotopic (exact) mass is 417 g/mol. The highest BCUT2D eigenvalue weighted by Gasteiger charge is 2.24. The number of anilines is 3. The van der Waals surface area contributed by atoms with Crippen LogP contribution in [0.4, 0.5) is 17.6 Å². The van der Waals surface area contributed by atoms with Gasteiger partial charge in [-0.05, 0) is 58.5 Å². The fourth-order valence-electron chi connectivity index (χ4n) is 1.95. The molecule has 1 aromatic carbocycles. The van der Waals surface area contributed by atoms with E-state index in [-0.39, 0.29) is 33.0 Å². The van der Waals surface area contributed by atoms with Crippen LogP contribution in [0.5, 0.6) is 5.75 Å². The molecule has 0 fully saturated rings. The van der Waals surface area contributed by atoms with Crippen molar-refractivity contribution in [3.63, 3.8) is 0 Å². The SMILES string of the molecule is COc1ccccc1N(c1nc(Cl)nc(Cl)n1)c1nc(Cl)nc(Cl)n1. The Morgan fingerprint density at radius 3 is 1.60 bits per heavy atom. The summed E-state index contributed by atoms with van der Waals surface area (Å²) in [5, 5.41) is -0.440. The van der Waals surface area contributed by atoms with E-state index in [4.69, 9.17) is 51.1 Å². The Hall–Kier alpha value is -2.00. The molecule has 0 saturated carbocycles. The second-order valence-electron chi connectivity index (χ2n) is 4.35. The van der Waals surface area contributed by atoms with Crippen molar-refractivity contribution in [1.82, 2.24) is 29.9 Å². The first-order chi connectivity index (χ1) is 12.0. The van der Waals surface area contributed by atoms with Crippen molar-refractivity contribution in [2.24, 2.45) is 0 Å². The number of ether oxygens (including phenoxy) is 1. The van der Waals surface area contributed by atoms with Gasteiger partial charge >= 0.3 is 0 Å². The first-order valence-electron chi connectivity index (χ1n) is 6.55. The Morgan fingerprint density at radius 2 is 1.16 bits per heavy atom. The lowest BCUT2D eigenvalue weighted by molar-refractivity contribution is 0.415. The summed E-state index contributed by atoms with van der Waals surface area (Å²) < 4.78 is 5.37. The molecule has 8 nitrogen and oxygen atoms in total. The summed E-state index contributed by atoms with van der Waals surface area (Å²) >= 11 is 23.6. The number of methoxy groups -OCH3 is 1. The maximum absolute atomic E-state index is 5.90. The van der Waals surface area contributed by atoms with Crippen LogP contribution in [0.2, 0.25) is 21.1 Å². The molecule has 2 heterocycles. The van der Waals surface area contributed by atoms with Crippen molar-refractivity contribution >= 4 is 64.0 Å². The Bertz CT molecular complexity index is 835. The number of halogens is 4. The van der Waals surface area contributed by atoms with Crippen molar-refractivity contribution in [3.8, 4) is 5.75 Å². The van der Waals surface area contributed by atoms with Crippen LogP contribution < -0.4 is 9.64 Å². The largest absolute Gasteiger partial charge is 0.495 e. The van der Waals surface area contributed by atoms with Gasteiger partial charge < -0.3 is 4.74 Å². The molecule has 3 aromatic rings. The molecule has 0 atom stereocenters. The molecule has 128 valence electrons. The summed E-state index contributed by atoms with van der Waals surface area (Å²) in [5.41, 5.74) is 0.502. The number of nitrogens with zero attached hydrogens (tertiary/aromatic N) is 7. The van der Waals surface area contributed by atoms with Crippen molar-refractivity contribution in [2.45, 2.75) is 0 Å². The van der Waals surface area contributed by atoms with Crippen molar-refractivity contribution in [2.75, 3.05) is 12.0 Å². The molecule has 12 heteroatoms. The molecule has 2 aromatic heterocycles. The van der Waals surface area contributed by atoms with Crippen LogP contribution in [-0.2, 0) is 0 Å². The van der Waals surface area contributed by atoms with E-state index in [1.807, 2.05) is 0 Å². The topological polar surface area (TPSA) is 89.8 Å². The van der Waals surface area contributed by atoms with Crippen molar-refractivity contribution in [3.05, 3.63) is 45.4 Å². The molecule has 0 radical (unpaired) electrons. The number of hydrogen-bond acceptors (Lipinski definition) is 8. The van der Waals surface area contributed by atoms with Gasteiger partial charge in [0, 0.05) is 0 Å². The van der Waals surface area contributed by atoms with Crippen LogP contribution in [-0.4, -0.2) is 37.0 Å². The summed E-state index contributed by atoms with van der Waals surface area (Å²) in [7, 11) is 1.51. The lowest BCUT2D eigenvalue weighted by atomic mass is 10.2. The Kier molecular flexibility index (Phi) is 5.33. The highest BCUT2D eigenvalue weighted by Crippen LogP contribution is 2.37. The van der Waals surface area contributed by atoms with Gasteiger partial charge in [0.1, 0.15) is 5.75 Å². The second kappa shape index (κ2) is 7.49. The first-order valence-corrected chi connectivity index (χ1v) is 8.06. The van der Waals surface area contributed by atoms with Gasteiger partial charge in [0.2, 0.25) is 33.0 Å². The Morgan fingerprint density at radius 1 is 0.720 bits per heavy atom. The standard InChI is InChI=1S/C13H7Cl4N7O/c1-25-7-5-3-2-4-6(7)24(12-20-8(14)18-9(15)21-12)13-22-10(16)19-11(17)23-13/h2-5H,1H3. The third-order valence-electron chi connectivity index (χ3n) is 2.86. The zero-order chi connectivity index (χ0) is 18.0. The zero-order valence-electron chi connectivity index (χ0n) is 12.4. The zero-order valence-corrected chi connectivity index (χ0v) is 15.4. The average Bonchev–Trinajstić information content (AvgIpc) is 2.54. The summed E-state index contributed by atoms with van der Waals surface area (Å²) in [5.74, 6) is 0.587. The summed E-state index contributed by atoms with van der Waals surface area (Å²) in [6, 6.07) is 7.04. The highest BCUT2D eigenvalue weighted by molar-refractivity contribution is 6.31. The van der Waals surface area contributed by atoms with E-state index in [0.717, 1.165) is 0 Å². The van der Waals surface area contributed by atoms with E-state index in [9.17, 15) is 0 Å². The number of hydrogen-bond donors (Lipinski definition) is 0. The fraction of sp³-hybridized carbons (Fsp3) is 0.0769. The number of para-hydroxylation sites is 2. The molecule has 0 saturated heterocycles. The van der Waals surface area contributed by atoms with Crippen molar-refractivity contribution in [1.29, 1.82) is 0 Å². The number of benzene rings is 1. The van der Waals surface area contributed by atoms with E-state index in [1.54, 1.807) is 24.3 Å². The molecule has 0 aliphatic heterocycles. The number of rotatable bonds is 4. The van der Waals surface area contributed by atoms with E-state index < -0.39 is 0 Å². The predicted octanol–water partition coefficient (Wildman–Crippen LogP) is 4.15. The maximum atomic E-state index is 5.90. The van der Waals surface area contributed by atoms with Gasteiger partial charge in [0.25, 0.3) is 0 Å². The van der Waals surface area contributed by atoms with E-state index in [0.29, 0.717) is 11.4 Å². The van der Waals surface area contributed by atoms with E-state index in [1.165, 1.54) is 12.0 Å². The molecule has 3 rings (SSSR count). The summed E-state index contributed by atoms with van der Waals surface area (Å²) in [6.45, 7) is 0. The minimum absolute atomic E-state index is 0.0489. The third-order valence-corrected chi connectivity index (χ3v) is 3.54. The van der Waals surface area contributed by atoms with Crippen LogP contribution in [0.1, 0.15) is 0 Å². The van der Waals surface area contributed by atoms with Gasteiger partial charge in [0.15, 0.2) is 0 Å². The molecule has 0 spiro atoms. The lowest BCUT2D eigenvalue weighted by Gasteiger charge is -2.22. The quantitative estimate of drug-likeness (QED) is 0.624. The lowest BCUT2D eigenvalue weighted by Crippen LogP contribution is -2.18. The average molecular weight is 419 g/mol. The second-order valence-corrected chi connectivity index (χ2v) is 5.71. The molecule has 0 aliphatic rings. The molecule has 25 heavy (non-hydrogen) atoms. The van der Waals surface area contributed by atoms with Crippen LogP contribution in [0.15, 0.2) is 24.3 Å². The van der Waals surface area contributed by atoms with Gasteiger partial charge in [-0.2, -0.15) is 29.9 Å². The molecule has 0 bridgehead atoms. The van der Waals surface area contributed by atoms with Gasteiger partial charge in [-0.25, -0.2) is 4.90 Å². The number of aromatic nitrogens is 6.